The molecule has 29 heavy (non-hydrogen) atoms. The summed E-state index contributed by atoms with van der Waals surface area (Å²) < 4.78 is 11.8. The van der Waals surface area contributed by atoms with Gasteiger partial charge in [0.05, 0.1) is 25.4 Å². The lowest BCUT2D eigenvalue weighted by Gasteiger charge is -2.12. The molecule has 0 radical (unpaired) electrons. The Kier molecular flexibility index (Phi) is 4.87. The number of esters is 1. The average molecular weight is 388 g/mol. The van der Waals surface area contributed by atoms with Crippen LogP contribution in [0.15, 0.2) is 60.8 Å². The van der Waals surface area contributed by atoms with Crippen LogP contribution in [0.4, 0.5) is 5.82 Å². The fourth-order valence-electron chi connectivity index (χ4n) is 3.19. The summed E-state index contributed by atoms with van der Waals surface area (Å²) >= 11 is 0. The molecule has 0 unspecified atom stereocenters. The summed E-state index contributed by atoms with van der Waals surface area (Å²) in [5.74, 6) is 0.860. The maximum atomic E-state index is 12.1. The van der Waals surface area contributed by atoms with Crippen LogP contribution in [0.25, 0.3) is 27.8 Å². The normalized spacial score (nSPS) is 10.8. The molecule has 7 heteroatoms. The van der Waals surface area contributed by atoms with Crippen molar-refractivity contribution < 1.29 is 14.3 Å². The minimum absolute atomic E-state index is 0.178. The van der Waals surface area contributed by atoms with Gasteiger partial charge in [-0.25, -0.2) is 9.78 Å². The fraction of sp³-hybridized carbons (Fsp3) is 0.136. The van der Waals surface area contributed by atoms with Gasteiger partial charge in [-0.15, -0.1) is 0 Å². The third kappa shape index (κ3) is 3.38. The van der Waals surface area contributed by atoms with E-state index in [1.54, 1.807) is 14.0 Å². The Hall–Kier alpha value is -3.87. The lowest BCUT2D eigenvalue weighted by atomic mass is 10.0. The maximum absolute atomic E-state index is 12.1. The molecule has 0 aliphatic rings. The standard InChI is InChI=1S/C22H20N4O3/c1-3-29-22(27)18-13-24-26(21(18)23)20-12-17(14-7-5-4-6-8-14)16-10-9-15(28-2)11-19(16)25-20/h4-13H,3,23H2,1-2H3. The van der Waals surface area contributed by atoms with Crippen LogP contribution >= 0.6 is 0 Å². The van der Waals surface area contributed by atoms with Gasteiger partial charge in [-0.05, 0) is 36.2 Å². The van der Waals surface area contributed by atoms with Gasteiger partial charge in [0.25, 0.3) is 0 Å². The van der Waals surface area contributed by atoms with Crippen molar-refractivity contribution in [1.29, 1.82) is 0 Å². The second-order valence-corrected chi connectivity index (χ2v) is 6.35. The molecule has 0 aliphatic heterocycles. The Morgan fingerprint density at radius 3 is 2.66 bits per heavy atom. The maximum Gasteiger partial charge on any atom is 0.343 e. The highest BCUT2D eigenvalue weighted by atomic mass is 16.5. The van der Waals surface area contributed by atoms with E-state index in [9.17, 15) is 4.79 Å². The van der Waals surface area contributed by atoms with Crippen LogP contribution in [-0.2, 0) is 4.74 Å². The Balaban J connectivity index is 1.93. The Morgan fingerprint density at radius 2 is 1.93 bits per heavy atom. The van der Waals surface area contributed by atoms with Gasteiger partial charge in [0.15, 0.2) is 5.82 Å². The molecule has 0 amide bonds. The lowest BCUT2D eigenvalue weighted by Crippen LogP contribution is -2.10. The number of pyridine rings is 1. The molecule has 2 N–H and O–H groups in total. The molecule has 0 bridgehead atoms. The van der Waals surface area contributed by atoms with Gasteiger partial charge in [-0.2, -0.15) is 9.78 Å². The summed E-state index contributed by atoms with van der Waals surface area (Å²) in [6.07, 6.45) is 1.40. The Labute approximate surface area is 167 Å². The molecule has 2 aromatic carbocycles. The third-order valence-electron chi connectivity index (χ3n) is 4.61. The van der Waals surface area contributed by atoms with E-state index in [4.69, 9.17) is 20.2 Å². The molecule has 0 atom stereocenters. The molecule has 0 aliphatic carbocycles. The number of nitrogens with zero attached hydrogens (tertiary/aromatic N) is 3. The molecule has 7 nitrogen and oxygen atoms in total. The van der Waals surface area contributed by atoms with Crippen molar-refractivity contribution in [2.45, 2.75) is 6.92 Å². The van der Waals surface area contributed by atoms with Crippen LogP contribution < -0.4 is 10.5 Å². The third-order valence-corrected chi connectivity index (χ3v) is 4.61. The molecule has 0 spiro atoms. The topological polar surface area (TPSA) is 92.3 Å². The summed E-state index contributed by atoms with van der Waals surface area (Å²) in [6, 6.07) is 17.6. The van der Waals surface area contributed by atoms with Gasteiger partial charge in [0.2, 0.25) is 0 Å². The van der Waals surface area contributed by atoms with E-state index in [0.29, 0.717) is 11.6 Å². The van der Waals surface area contributed by atoms with Crippen LogP contribution in [0.1, 0.15) is 17.3 Å². The number of rotatable bonds is 5. The number of methoxy groups -OCH3 is 1. The summed E-state index contributed by atoms with van der Waals surface area (Å²) in [4.78, 5) is 16.8. The predicted molar refractivity (Wildman–Crippen MR) is 111 cm³/mol. The van der Waals surface area contributed by atoms with Crippen molar-refractivity contribution in [2.24, 2.45) is 0 Å². The highest BCUT2D eigenvalue weighted by molar-refractivity contribution is 5.97. The second kappa shape index (κ2) is 7.63. The minimum Gasteiger partial charge on any atom is -0.497 e. The summed E-state index contributed by atoms with van der Waals surface area (Å²) in [5.41, 5.74) is 9.13. The van der Waals surface area contributed by atoms with Gasteiger partial charge < -0.3 is 15.2 Å². The van der Waals surface area contributed by atoms with Gasteiger partial charge in [0, 0.05) is 11.5 Å². The molecule has 4 aromatic rings. The van der Waals surface area contributed by atoms with E-state index in [2.05, 4.69) is 5.10 Å². The first kappa shape index (κ1) is 18.5. The van der Waals surface area contributed by atoms with Gasteiger partial charge in [-0.3, -0.25) is 0 Å². The minimum atomic E-state index is -0.512. The highest BCUT2D eigenvalue weighted by Gasteiger charge is 2.19. The number of carbonyl (C=O) groups is 1. The zero-order valence-corrected chi connectivity index (χ0v) is 16.1. The van der Waals surface area contributed by atoms with Crippen molar-refractivity contribution in [3.8, 4) is 22.7 Å². The van der Waals surface area contributed by atoms with Crippen molar-refractivity contribution in [1.82, 2.24) is 14.8 Å². The summed E-state index contributed by atoms with van der Waals surface area (Å²) in [5, 5.41) is 5.24. The largest absolute Gasteiger partial charge is 0.497 e. The molecule has 0 saturated carbocycles. The molecule has 2 aromatic heterocycles. The number of fused-ring (bicyclic) bond motifs is 1. The number of aromatic nitrogens is 3. The predicted octanol–water partition coefficient (Wildman–Crippen LogP) is 3.86. The number of benzene rings is 2. The van der Waals surface area contributed by atoms with Crippen LogP contribution in [0.5, 0.6) is 5.75 Å². The molecule has 2 heterocycles. The van der Waals surface area contributed by atoms with Crippen LogP contribution in [0.2, 0.25) is 0 Å². The average Bonchev–Trinajstić information content (AvgIpc) is 3.14. The first-order valence-electron chi connectivity index (χ1n) is 9.17. The summed E-state index contributed by atoms with van der Waals surface area (Å²) in [6.45, 7) is 2.00. The van der Waals surface area contributed by atoms with Crippen molar-refractivity contribution in [3.63, 3.8) is 0 Å². The molecule has 0 fully saturated rings. The number of carbonyl (C=O) groups excluding carboxylic acids is 1. The van der Waals surface area contributed by atoms with E-state index >= 15 is 0 Å². The van der Waals surface area contributed by atoms with Crippen LogP contribution in [-0.4, -0.2) is 34.5 Å². The molecule has 146 valence electrons. The van der Waals surface area contributed by atoms with Crippen molar-refractivity contribution in [2.75, 3.05) is 19.5 Å². The number of ether oxygens (including phenoxy) is 2. The fourth-order valence-corrected chi connectivity index (χ4v) is 3.19. The molecule has 0 saturated heterocycles. The number of nitrogen functional groups attached to an aromatic ring is 1. The number of hydrogen-bond donors (Lipinski definition) is 1. The molecular formula is C22H20N4O3. The molecule has 4 rings (SSSR count). The van der Waals surface area contributed by atoms with E-state index in [1.165, 1.54) is 10.9 Å². The Morgan fingerprint density at radius 1 is 1.14 bits per heavy atom. The van der Waals surface area contributed by atoms with Gasteiger partial charge in [-0.1, -0.05) is 30.3 Å². The van der Waals surface area contributed by atoms with E-state index < -0.39 is 5.97 Å². The van der Waals surface area contributed by atoms with Crippen LogP contribution in [0.3, 0.4) is 0 Å². The number of hydrogen-bond acceptors (Lipinski definition) is 6. The summed E-state index contributed by atoms with van der Waals surface area (Å²) in [7, 11) is 1.61. The quantitative estimate of drug-likeness (QED) is 0.522. The second-order valence-electron chi connectivity index (χ2n) is 6.35. The molecular weight excluding hydrogens is 368 g/mol. The van der Waals surface area contributed by atoms with Crippen molar-refractivity contribution >= 4 is 22.7 Å². The Bertz CT molecular complexity index is 1190. The smallest absolute Gasteiger partial charge is 0.343 e. The number of anilines is 1. The van der Waals surface area contributed by atoms with E-state index in [1.807, 2.05) is 54.6 Å². The van der Waals surface area contributed by atoms with Crippen LogP contribution in [0, 0.1) is 0 Å². The lowest BCUT2D eigenvalue weighted by molar-refractivity contribution is 0.0527. The van der Waals surface area contributed by atoms with Crippen molar-refractivity contribution in [3.05, 3.63) is 66.4 Å². The van der Waals surface area contributed by atoms with E-state index in [0.717, 1.165) is 22.0 Å². The van der Waals surface area contributed by atoms with Gasteiger partial charge in [0.1, 0.15) is 17.1 Å². The zero-order chi connectivity index (χ0) is 20.4. The first-order valence-corrected chi connectivity index (χ1v) is 9.17. The van der Waals surface area contributed by atoms with E-state index in [-0.39, 0.29) is 18.0 Å². The monoisotopic (exact) mass is 388 g/mol. The zero-order valence-electron chi connectivity index (χ0n) is 16.1. The highest BCUT2D eigenvalue weighted by Crippen LogP contribution is 2.32. The SMILES string of the molecule is CCOC(=O)c1cnn(-c2cc(-c3ccccc3)c3ccc(OC)cc3n2)c1N. The number of nitrogens with two attached hydrogens (primary N) is 1. The first-order chi connectivity index (χ1) is 14.1. The van der Waals surface area contributed by atoms with Gasteiger partial charge >= 0.3 is 5.97 Å².